The number of carbonyl (C=O) groups excluding carboxylic acids is 2. The summed E-state index contributed by atoms with van der Waals surface area (Å²) in [5, 5.41) is 9.07. The Morgan fingerprint density at radius 1 is 1.20 bits per heavy atom. The minimum absolute atomic E-state index is 0.0347. The number of rotatable bonds is 3. The molecule has 9 nitrogen and oxygen atoms in total. The van der Waals surface area contributed by atoms with Crippen LogP contribution in [0.3, 0.4) is 0 Å². The number of amides is 2. The molecule has 2 aliphatic rings. The Hall–Kier alpha value is -4.08. The first-order chi connectivity index (χ1) is 17.0. The number of ether oxygens (including phenoxy) is 2. The van der Waals surface area contributed by atoms with Gasteiger partial charge in [-0.3, -0.25) is 14.6 Å². The molecule has 35 heavy (non-hydrogen) atoms. The van der Waals surface area contributed by atoms with E-state index < -0.39 is 5.82 Å². The van der Waals surface area contributed by atoms with Crippen molar-refractivity contribution < 1.29 is 23.5 Å². The number of methoxy groups -OCH3 is 1. The van der Waals surface area contributed by atoms with E-state index in [0.717, 1.165) is 12.8 Å². The van der Waals surface area contributed by atoms with Gasteiger partial charge in [0.15, 0.2) is 11.6 Å². The standard InChI is InChI=1S/C25H26FN5O4/c1-34-24-16(26)5-4-6-17(24)30-23-21-18-11-14(29-25(21)33)12-20(32)28-8-2-3-10-35-19-13-27-9-7-15(19)22(23)31-18/h4-7,9,13-14,30-31H,2-3,8,10-12H2,1H3,(H,28,32)(H,29,33)/t14-/m0/s1. The fraction of sp³-hybridized carbons (Fsp3) is 0.320. The molecule has 2 aliphatic heterocycles. The van der Waals surface area contributed by atoms with Crippen molar-refractivity contribution in [2.45, 2.75) is 31.7 Å². The van der Waals surface area contributed by atoms with Crippen LogP contribution in [0.4, 0.5) is 15.8 Å². The molecular weight excluding hydrogens is 453 g/mol. The molecule has 0 radical (unpaired) electrons. The number of nitrogens with zero attached hydrogens (tertiary/aromatic N) is 1. The van der Waals surface area contributed by atoms with Crippen LogP contribution in [-0.4, -0.2) is 48.1 Å². The third-order valence-electron chi connectivity index (χ3n) is 6.16. The lowest BCUT2D eigenvalue weighted by Crippen LogP contribution is -2.44. The lowest BCUT2D eigenvalue weighted by molar-refractivity contribution is -0.121. The van der Waals surface area contributed by atoms with Crippen LogP contribution in [-0.2, 0) is 11.2 Å². The molecule has 0 saturated carbocycles. The minimum atomic E-state index is -0.527. The Morgan fingerprint density at radius 2 is 2.09 bits per heavy atom. The van der Waals surface area contributed by atoms with Crippen LogP contribution >= 0.6 is 0 Å². The summed E-state index contributed by atoms with van der Waals surface area (Å²) < 4.78 is 25.7. The number of fused-ring (bicyclic) bond motifs is 4. The highest BCUT2D eigenvalue weighted by molar-refractivity contribution is 6.07. The highest BCUT2D eigenvalue weighted by atomic mass is 19.1. The average molecular weight is 480 g/mol. The second-order valence-corrected chi connectivity index (χ2v) is 8.53. The zero-order valence-corrected chi connectivity index (χ0v) is 19.2. The van der Waals surface area contributed by atoms with Gasteiger partial charge in [-0.05, 0) is 31.0 Å². The fourth-order valence-corrected chi connectivity index (χ4v) is 4.54. The molecule has 182 valence electrons. The molecule has 2 amide bonds. The number of pyridine rings is 1. The molecular formula is C25H26FN5O4. The van der Waals surface area contributed by atoms with E-state index in [1.807, 2.05) is 0 Å². The van der Waals surface area contributed by atoms with Crippen molar-refractivity contribution >= 4 is 23.2 Å². The summed E-state index contributed by atoms with van der Waals surface area (Å²) >= 11 is 0. The van der Waals surface area contributed by atoms with Crippen LogP contribution in [0.15, 0.2) is 36.7 Å². The molecule has 3 aromatic rings. The van der Waals surface area contributed by atoms with Crippen molar-refractivity contribution in [3.05, 3.63) is 53.7 Å². The quantitative estimate of drug-likeness (QED) is 0.458. The Morgan fingerprint density at radius 3 is 2.94 bits per heavy atom. The first-order valence-corrected chi connectivity index (χ1v) is 11.5. The van der Waals surface area contributed by atoms with E-state index in [1.165, 1.54) is 13.2 Å². The van der Waals surface area contributed by atoms with Crippen LogP contribution in [0.2, 0.25) is 0 Å². The van der Waals surface area contributed by atoms with Crippen molar-refractivity contribution in [3.63, 3.8) is 0 Å². The fourth-order valence-electron chi connectivity index (χ4n) is 4.54. The van der Waals surface area contributed by atoms with E-state index in [-0.39, 0.29) is 30.0 Å². The molecule has 0 saturated heterocycles. The number of halogens is 1. The Bertz CT molecular complexity index is 1270. The molecule has 0 aliphatic carbocycles. The third-order valence-corrected chi connectivity index (χ3v) is 6.16. The van der Waals surface area contributed by atoms with Gasteiger partial charge in [0.05, 0.1) is 42.5 Å². The van der Waals surface area contributed by atoms with E-state index in [9.17, 15) is 14.0 Å². The molecule has 2 aromatic heterocycles. The highest BCUT2D eigenvalue weighted by Gasteiger charge is 2.33. The largest absolute Gasteiger partial charge is 0.492 e. The molecule has 0 spiro atoms. The van der Waals surface area contributed by atoms with E-state index in [2.05, 4.69) is 25.9 Å². The zero-order chi connectivity index (χ0) is 24.4. The van der Waals surface area contributed by atoms with E-state index in [4.69, 9.17) is 9.47 Å². The van der Waals surface area contributed by atoms with Crippen molar-refractivity contribution in [3.8, 4) is 22.8 Å². The summed E-state index contributed by atoms with van der Waals surface area (Å²) in [5.41, 5.74) is 3.23. The number of nitrogens with one attached hydrogen (secondary N) is 4. The van der Waals surface area contributed by atoms with E-state index in [0.29, 0.717) is 59.2 Å². The van der Waals surface area contributed by atoms with Gasteiger partial charge in [-0.25, -0.2) is 4.39 Å². The summed E-state index contributed by atoms with van der Waals surface area (Å²) in [7, 11) is 1.39. The molecule has 5 rings (SSSR count). The van der Waals surface area contributed by atoms with Gasteiger partial charge in [0.1, 0.15) is 5.75 Å². The zero-order valence-electron chi connectivity index (χ0n) is 19.2. The maximum absolute atomic E-state index is 14.4. The number of hydrogen-bond acceptors (Lipinski definition) is 6. The van der Waals surface area contributed by atoms with Crippen molar-refractivity contribution in [1.29, 1.82) is 0 Å². The number of H-pyrrole nitrogens is 1. The number of anilines is 2. The monoisotopic (exact) mass is 479 g/mol. The summed E-state index contributed by atoms with van der Waals surface area (Å²) in [5.74, 6) is -0.380. The van der Waals surface area contributed by atoms with Crippen molar-refractivity contribution in [2.24, 2.45) is 0 Å². The molecule has 3 bridgehead atoms. The Kier molecular flexibility index (Phi) is 6.26. The van der Waals surface area contributed by atoms with Gasteiger partial charge < -0.3 is 30.4 Å². The van der Waals surface area contributed by atoms with Crippen LogP contribution in [0.5, 0.6) is 11.5 Å². The molecule has 1 aromatic carbocycles. The summed E-state index contributed by atoms with van der Waals surface area (Å²) in [6, 6.07) is 6.00. The third kappa shape index (κ3) is 4.51. The Labute approximate surface area is 201 Å². The SMILES string of the molecule is COc1c(F)cccc1Nc1c2[nH]c3c1C(=O)N[C@H](CC(=O)NCCCCOc1cnccc1-2)C3. The van der Waals surface area contributed by atoms with Gasteiger partial charge in [0, 0.05) is 42.9 Å². The molecule has 0 unspecified atom stereocenters. The predicted octanol–water partition coefficient (Wildman–Crippen LogP) is 3.30. The van der Waals surface area contributed by atoms with Crippen LogP contribution < -0.4 is 25.4 Å². The first kappa shape index (κ1) is 22.7. The number of carbonyl (C=O) groups is 2. The summed E-state index contributed by atoms with van der Waals surface area (Å²) in [6.45, 7) is 0.988. The van der Waals surface area contributed by atoms with Crippen molar-refractivity contribution in [1.82, 2.24) is 20.6 Å². The molecule has 10 heteroatoms. The molecule has 4 N–H and O–H groups in total. The Balaban J connectivity index is 1.66. The number of para-hydroxylation sites is 1. The van der Waals surface area contributed by atoms with Crippen LogP contribution in [0, 0.1) is 5.82 Å². The second kappa shape index (κ2) is 9.65. The van der Waals surface area contributed by atoms with Crippen LogP contribution in [0.1, 0.15) is 35.3 Å². The molecule has 4 heterocycles. The second-order valence-electron chi connectivity index (χ2n) is 8.53. The summed E-state index contributed by atoms with van der Waals surface area (Å²) in [4.78, 5) is 33.3. The van der Waals surface area contributed by atoms with Gasteiger partial charge in [-0.15, -0.1) is 0 Å². The molecule has 0 fully saturated rings. The van der Waals surface area contributed by atoms with Gasteiger partial charge in [-0.1, -0.05) is 6.07 Å². The number of aromatic nitrogens is 2. The number of aromatic amines is 1. The topological polar surface area (TPSA) is 117 Å². The van der Waals surface area contributed by atoms with E-state index >= 15 is 0 Å². The lowest BCUT2D eigenvalue weighted by Gasteiger charge is -2.24. The van der Waals surface area contributed by atoms with Gasteiger partial charge in [0.25, 0.3) is 5.91 Å². The maximum atomic E-state index is 14.4. The molecule has 1 atom stereocenters. The van der Waals surface area contributed by atoms with E-state index in [1.54, 1.807) is 30.6 Å². The van der Waals surface area contributed by atoms with Gasteiger partial charge >= 0.3 is 0 Å². The normalized spacial score (nSPS) is 17.8. The number of hydrogen-bond donors (Lipinski definition) is 4. The smallest absolute Gasteiger partial charge is 0.255 e. The predicted molar refractivity (Wildman–Crippen MR) is 128 cm³/mol. The number of benzene rings is 1. The van der Waals surface area contributed by atoms with Gasteiger partial charge in [0.2, 0.25) is 5.91 Å². The van der Waals surface area contributed by atoms with Crippen molar-refractivity contribution in [2.75, 3.05) is 25.6 Å². The van der Waals surface area contributed by atoms with Crippen LogP contribution in [0.25, 0.3) is 11.3 Å². The first-order valence-electron chi connectivity index (χ1n) is 11.5. The lowest BCUT2D eigenvalue weighted by atomic mass is 9.98. The summed E-state index contributed by atoms with van der Waals surface area (Å²) in [6.07, 6.45) is 5.41. The minimum Gasteiger partial charge on any atom is -0.492 e. The van der Waals surface area contributed by atoms with Gasteiger partial charge in [-0.2, -0.15) is 0 Å². The average Bonchev–Trinajstić information content (AvgIpc) is 3.19. The maximum Gasteiger partial charge on any atom is 0.255 e. The highest BCUT2D eigenvalue weighted by Crippen LogP contribution is 2.42.